The van der Waals surface area contributed by atoms with Gasteiger partial charge in [0.1, 0.15) is 5.01 Å². The van der Waals surface area contributed by atoms with Crippen LogP contribution >= 0.6 is 11.3 Å². The molecule has 2 heterocycles. The quantitative estimate of drug-likeness (QED) is 0.603. The van der Waals surface area contributed by atoms with Crippen LogP contribution in [0.1, 0.15) is 56.4 Å². The van der Waals surface area contributed by atoms with Crippen molar-refractivity contribution in [3.05, 3.63) is 64.9 Å². The Morgan fingerprint density at radius 3 is 2.37 bits per heavy atom. The molecule has 3 rings (SSSR count). The van der Waals surface area contributed by atoms with E-state index in [1.807, 2.05) is 17.5 Å². The molecule has 4 nitrogen and oxygen atoms in total. The van der Waals surface area contributed by atoms with Gasteiger partial charge in [-0.3, -0.25) is 9.78 Å². The molecule has 2 aromatic heterocycles. The van der Waals surface area contributed by atoms with Gasteiger partial charge in [-0.25, -0.2) is 4.98 Å². The summed E-state index contributed by atoms with van der Waals surface area (Å²) in [6.07, 6.45) is 3.79. The second kappa shape index (κ2) is 8.44. The van der Waals surface area contributed by atoms with Crippen LogP contribution in [0, 0.1) is 0 Å². The number of pyridine rings is 1. The molecule has 3 aromatic rings. The molecule has 0 spiro atoms. The third-order valence-corrected chi connectivity index (χ3v) is 5.38. The van der Waals surface area contributed by atoms with E-state index in [0.29, 0.717) is 11.8 Å². The average Bonchev–Trinajstić information content (AvgIpc) is 3.10. The van der Waals surface area contributed by atoms with Crippen molar-refractivity contribution in [2.75, 3.05) is 5.32 Å². The van der Waals surface area contributed by atoms with Gasteiger partial charge in [0, 0.05) is 29.0 Å². The third-order valence-electron chi connectivity index (χ3n) is 4.44. The van der Waals surface area contributed by atoms with E-state index < -0.39 is 0 Å². The Hall–Kier alpha value is -2.53. The van der Waals surface area contributed by atoms with Crippen LogP contribution in [-0.2, 0) is 11.2 Å². The smallest absolute Gasteiger partial charge is 0.230 e. The van der Waals surface area contributed by atoms with Crippen molar-refractivity contribution >= 4 is 22.9 Å². The van der Waals surface area contributed by atoms with Crippen LogP contribution in [0.25, 0.3) is 10.6 Å². The van der Waals surface area contributed by atoms with Crippen molar-refractivity contribution in [1.82, 2.24) is 9.97 Å². The van der Waals surface area contributed by atoms with Gasteiger partial charge >= 0.3 is 0 Å². The molecule has 0 aliphatic rings. The fraction of sp³-hybridized carbons (Fsp3) is 0.318. The van der Waals surface area contributed by atoms with E-state index in [0.717, 1.165) is 22.0 Å². The molecule has 0 saturated heterocycles. The van der Waals surface area contributed by atoms with E-state index in [9.17, 15) is 4.79 Å². The Morgan fingerprint density at radius 1 is 1.07 bits per heavy atom. The first-order chi connectivity index (χ1) is 13.0. The molecular formula is C22H25N3OS. The third kappa shape index (κ3) is 4.61. The van der Waals surface area contributed by atoms with Crippen molar-refractivity contribution in [2.24, 2.45) is 0 Å². The highest BCUT2D eigenvalue weighted by Crippen LogP contribution is 2.32. The van der Waals surface area contributed by atoms with Crippen LogP contribution in [-0.4, -0.2) is 15.9 Å². The van der Waals surface area contributed by atoms with Gasteiger partial charge in [0.2, 0.25) is 5.91 Å². The number of hydrogen-bond acceptors (Lipinski definition) is 4. The Bertz CT molecular complexity index is 890. The highest BCUT2D eigenvalue weighted by atomic mass is 32.1. The van der Waals surface area contributed by atoms with Crippen molar-refractivity contribution < 1.29 is 4.79 Å². The maximum Gasteiger partial charge on any atom is 0.230 e. The first-order valence-electron chi connectivity index (χ1n) is 9.23. The fourth-order valence-electron chi connectivity index (χ4n) is 3.05. The molecule has 0 atom stereocenters. The largest absolute Gasteiger partial charge is 0.325 e. The first kappa shape index (κ1) is 19.2. The van der Waals surface area contributed by atoms with Gasteiger partial charge in [0.25, 0.3) is 0 Å². The van der Waals surface area contributed by atoms with Gasteiger partial charge in [-0.15, -0.1) is 11.3 Å². The number of aromatic nitrogens is 2. The minimum absolute atomic E-state index is 0.0342. The van der Waals surface area contributed by atoms with Crippen LogP contribution in [0.15, 0.2) is 48.1 Å². The molecule has 0 fully saturated rings. The van der Waals surface area contributed by atoms with E-state index >= 15 is 0 Å². The molecule has 0 unspecified atom stereocenters. The summed E-state index contributed by atoms with van der Waals surface area (Å²) in [5.74, 6) is 0.652. The number of carbonyl (C=O) groups excluding carboxylic acids is 1. The minimum atomic E-state index is -0.0342. The van der Waals surface area contributed by atoms with Crippen LogP contribution in [0.5, 0.6) is 0 Å². The maximum absolute atomic E-state index is 12.7. The molecule has 0 aliphatic carbocycles. The summed E-state index contributed by atoms with van der Waals surface area (Å²) in [5.41, 5.74) is 5.05. The van der Waals surface area contributed by atoms with Crippen molar-refractivity contribution in [1.29, 1.82) is 0 Å². The van der Waals surface area contributed by atoms with Crippen molar-refractivity contribution in [3.63, 3.8) is 0 Å². The number of rotatable bonds is 6. The summed E-state index contributed by atoms with van der Waals surface area (Å²) >= 11 is 1.54. The predicted molar refractivity (Wildman–Crippen MR) is 112 cm³/mol. The highest BCUT2D eigenvalue weighted by molar-refractivity contribution is 7.13. The van der Waals surface area contributed by atoms with Crippen LogP contribution in [0.2, 0.25) is 0 Å². The van der Waals surface area contributed by atoms with Gasteiger partial charge < -0.3 is 5.32 Å². The summed E-state index contributed by atoms with van der Waals surface area (Å²) < 4.78 is 0. The van der Waals surface area contributed by atoms with E-state index in [1.54, 1.807) is 12.4 Å². The van der Waals surface area contributed by atoms with E-state index in [4.69, 9.17) is 0 Å². The Morgan fingerprint density at radius 2 is 1.78 bits per heavy atom. The zero-order chi connectivity index (χ0) is 19.4. The van der Waals surface area contributed by atoms with Crippen LogP contribution in [0.3, 0.4) is 0 Å². The number of hydrogen-bond donors (Lipinski definition) is 1. The number of benzene rings is 1. The average molecular weight is 380 g/mol. The highest BCUT2D eigenvalue weighted by Gasteiger charge is 2.17. The monoisotopic (exact) mass is 379 g/mol. The fourth-order valence-corrected chi connectivity index (χ4v) is 3.86. The van der Waals surface area contributed by atoms with E-state index in [2.05, 4.69) is 61.2 Å². The number of amides is 1. The Labute approximate surface area is 164 Å². The van der Waals surface area contributed by atoms with E-state index in [-0.39, 0.29) is 12.3 Å². The van der Waals surface area contributed by atoms with E-state index in [1.165, 1.54) is 22.5 Å². The predicted octanol–water partition coefficient (Wildman–Crippen LogP) is 5.63. The molecule has 140 valence electrons. The van der Waals surface area contributed by atoms with Gasteiger partial charge in [-0.2, -0.15) is 0 Å². The topological polar surface area (TPSA) is 54.9 Å². The van der Waals surface area contributed by atoms with Gasteiger partial charge in [0.05, 0.1) is 12.1 Å². The standard InChI is InChI=1S/C22H25N3OS/c1-14(2)18-8-5-9-19(15(3)4)21(18)25-20(26)11-17-13-27-22(24-17)16-7-6-10-23-12-16/h5-10,12-15H,11H2,1-4H3,(H,25,26). The molecular weight excluding hydrogens is 354 g/mol. The summed E-state index contributed by atoms with van der Waals surface area (Å²) in [7, 11) is 0. The Balaban J connectivity index is 1.78. The van der Waals surface area contributed by atoms with Gasteiger partial charge in [0.15, 0.2) is 0 Å². The lowest BCUT2D eigenvalue weighted by Gasteiger charge is -2.20. The minimum Gasteiger partial charge on any atom is -0.325 e. The second-order valence-corrected chi connectivity index (χ2v) is 8.09. The molecule has 1 aromatic carbocycles. The summed E-state index contributed by atoms with van der Waals surface area (Å²) in [6.45, 7) is 8.59. The lowest BCUT2D eigenvalue weighted by atomic mass is 9.92. The Kier molecular flexibility index (Phi) is 6.01. The number of thiazole rings is 1. The normalized spacial score (nSPS) is 11.2. The van der Waals surface area contributed by atoms with Crippen molar-refractivity contribution in [3.8, 4) is 10.6 Å². The van der Waals surface area contributed by atoms with Crippen LogP contribution < -0.4 is 5.32 Å². The molecule has 5 heteroatoms. The summed E-state index contributed by atoms with van der Waals surface area (Å²) in [6, 6.07) is 10.1. The molecule has 0 bridgehead atoms. The van der Waals surface area contributed by atoms with Crippen molar-refractivity contribution in [2.45, 2.75) is 46.0 Å². The molecule has 1 amide bonds. The number of carbonyl (C=O) groups is 1. The lowest BCUT2D eigenvalue weighted by molar-refractivity contribution is -0.115. The molecule has 1 N–H and O–H groups in total. The number of nitrogens with one attached hydrogen (secondary N) is 1. The zero-order valence-electron chi connectivity index (χ0n) is 16.2. The second-order valence-electron chi connectivity index (χ2n) is 7.23. The molecule has 0 aliphatic heterocycles. The SMILES string of the molecule is CC(C)c1cccc(C(C)C)c1NC(=O)Cc1csc(-c2cccnc2)n1. The molecule has 0 radical (unpaired) electrons. The summed E-state index contributed by atoms with van der Waals surface area (Å²) in [4.78, 5) is 21.4. The molecule has 27 heavy (non-hydrogen) atoms. The number of anilines is 1. The maximum atomic E-state index is 12.7. The zero-order valence-corrected chi connectivity index (χ0v) is 17.0. The molecule has 0 saturated carbocycles. The lowest BCUT2D eigenvalue weighted by Crippen LogP contribution is -2.18. The van der Waals surface area contributed by atoms with Crippen LogP contribution in [0.4, 0.5) is 5.69 Å². The first-order valence-corrected chi connectivity index (χ1v) is 10.1. The van der Waals surface area contributed by atoms with Gasteiger partial charge in [-0.1, -0.05) is 45.9 Å². The van der Waals surface area contributed by atoms with Gasteiger partial charge in [-0.05, 0) is 35.1 Å². The number of para-hydroxylation sites is 1. The summed E-state index contributed by atoms with van der Waals surface area (Å²) in [5, 5.41) is 5.98. The number of nitrogens with zero attached hydrogens (tertiary/aromatic N) is 2.